The second-order valence-corrected chi connectivity index (χ2v) is 5.12. The summed E-state index contributed by atoms with van der Waals surface area (Å²) >= 11 is 0. The van der Waals surface area contributed by atoms with E-state index in [0.717, 1.165) is 13.8 Å². The van der Waals surface area contributed by atoms with Crippen LogP contribution >= 0.6 is 0 Å². The minimum absolute atomic E-state index is 0.742. The van der Waals surface area contributed by atoms with Gasteiger partial charge in [-0.25, -0.2) is 13.6 Å². The molecule has 1 amide bonds. The Morgan fingerprint density at radius 3 is 2.00 bits per heavy atom. The van der Waals surface area contributed by atoms with Crippen LogP contribution in [0.2, 0.25) is 0 Å². The summed E-state index contributed by atoms with van der Waals surface area (Å²) in [6.07, 6.45) is -0.934. The van der Waals surface area contributed by atoms with Crippen molar-refractivity contribution in [3.05, 3.63) is 0 Å². The molecule has 0 spiro atoms. The predicted molar refractivity (Wildman–Crippen MR) is 55.5 cm³/mol. The first-order valence-corrected chi connectivity index (χ1v) is 4.92. The maximum Gasteiger partial charge on any atom is 0.407 e. The number of carbonyl (C=O) groups excluding carboxylic acids is 1. The lowest BCUT2D eigenvalue weighted by atomic mass is 10.0. The molecule has 0 aliphatic heterocycles. The van der Waals surface area contributed by atoms with E-state index in [-0.39, 0.29) is 0 Å². The zero-order chi connectivity index (χ0) is 13.2. The number of halogens is 2. The standard InChI is InChI=1S/C10H19F2NO3/c1-8(2,3)16-7(14)13-6-10(11,12)9(4,5)15/h15H,6H2,1-5H3,(H,13,14). The number of nitrogens with one attached hydrogen (secondary N) is 1. The first-order valence-electron chi connectivity index (χ1n) is 4.92. The summed E-state index contributed by atoms with van der Waals surface area (Å²) < 4.78 is 31.2. The third kappa shape index (κ3) is 5.25. The third-order valence-electron chi connectivity index (χ3n) is 1.75. The normalized spacial score (nSPS) is 13.5. The van der Waals surface area contributed by atoms with E-state index >= 15 is 0 Å². The van der Waals surface area contributed by atoms with Crippen LogP contribution in [0, 0.1) is 0 Å². The zero-order valence-electron chi connectivity index (χ0n) is 10.2. The highest BCUT2D eigenvalue weighted by Crippen LogP contribution is 2.27. The molecular weight excluding hydrogens is 220 g/mol. The van der Waals surface area contributed by atoms with E-state index in [1.807, 2.05) is 5.32 Å². The molecule has 0 aliphatic carbocycles. The Labute approximate surface area is 94.0 Å². The lowest BCUT2D eigenvalue weighted by Gasteiger charge is -2.29. The van der Waals surface area contributed by atoms with Crippen LogP contribution in [0.25, 0.3) is 0 Å². The lowest BCUT2D eigenvalue weighted by Crippen LogP contribution is -2.51. The molecule has 0 aromatic rings. The number of carbonyl (C=O) groups is 1. The first kappa shape index (κ1) is 15.1. The van der Waals surface area contributed by atoms with E-state index in [9.17, 15) is 13.6 Å². The number of alkyl halides is 2. The highest BCUT2D eigenvalue weighted by atomic mass is 19.3. The van der Waals surface area contributed by atoms with Crippen LogP contribution in [0.3, 0.4) is 0 Å². The van der Waals surface area contributed by atoms with E-state index in [2.05, 4.69) is 0 Å². The number of aliphatic hydroxyl groups is 1. The van der Waals surface area contributed by atoms with Crippen molar-refractivity contribution in [2.45, 2.75) is 51.7 Å². The number of hydrogen-bond acceptors (Lipinski definition) is 3. The monoisotopic (exact) mass is 239 g/mol. The quantitative estimate of drug-likeness (QED) is 0.791. The van der Waals surface area contributed by atoms with Crippen molar-refractivity contribution in [1.82, 2.24) is 5.32 Å². The number of amides is 1. The molecule has 0 aliphatic rings. The highest BCUT2D eigenvalue weighted by molar-refractivity contribution is 5.67. The molecular formula is C10H19F2NO3. The Balaban J connectivity index is 4.22. The van der Waals surface area contributed by atoms with Crippen LogP contribution < -0.4 is 5.32 Å². The van der Waals surface area contributed by atoms with Gasteiger partial charge in [-0.05, 0) is 34.6 Å². The maximum absolute atomic E-state index is 13.2. The molecule has 4 nitrogen and oxygen atoms in total. The third-order valence-corrected chi connectivity index (χ3v) is 1.75. The zero-order valence-corrected chi connectivity index (χ0v) is 10.2. The molecule has 0 saturated carbocycles. The van der Waals surface area contributed by atoms with Gasteiger partial charge in [0.15, 0.2) is 0 Å². The van der Waals surface area contributed by atoms with E-state index in [1.54, 1.807) is 20.8 Å². The van der Waals surface area contributed by atoms with Crippen molar-refractivity contribution in [3.63, 3.8) is 0 Å². The highest BCUT2D eigenvalue weighted by Gasteiger charge is 2.45. The van der Waals surface area contributed by atoms with Crippen molar-refractivity contribution in [1.29, 1.82) is 0 Å². The van der Waals surface area contributed by atoms with Gasteiger partial charge in [0.1, 0.15) is 11.2 Å². The van der Waals surface area contributed by atoms with Crippen LogP contribution in [0.4, 0.5) is 13.6 Å². The molecule has 0 aromatic carbocycles. The second kappa shape index (κ2) is 4.53. The Hall–Kier alpha value is -0.910. The molecule has 0 radical (unpaired) electrons. The topological polar surface area (TPSA) is 58.6 Å². The molecule has 16 heavy (non-hydrogen) atoms. The largest absolute Gasteiger partial charge is 0.444 e. The Bertz CT molecular complexity index is 254. The molecule has 0 heterocycles. The van der Waals surface area contributed by atoms with E-state index in [1.165, 1.54) is 0 Å². The van der Waals surface area contributed by atoms with Gasteiger partial charge < -0.3 is 15.2 Å². The van der Waals surface area contributed by atoms with Gasteiger partial charge in [-0.2, -0.15) is 0 Å². The second-order valence-electron chi connectivity index (χ2n) is 5.12. The minimum atomic E-state index is -3.41. The summed E-state index contributed by atoms with van der Waals surface area (Å²) in [7, 11) is 0. The van der Waals surface area contributed by atoms with Gasteiger partial charge in [0.2, 0.25) is 0 Å². The van der Waals surface area contributed by atoms with E-state index in [0.29, 0.717) is 0 Å². The predicted octanol–water partition coefficient (Wildman–Crippen LogP) is 1.92. The molecule has 96 valence electrons. The average Bonchev–Trinajstić information content (AvgIpc) is 1.95. The van der Waals surface area contributed by atoms with Gasteiger partial charge >= 0.3 is 6.09 Å². The van der Waals surface area contributed by atoms with Crippen molar-refractivity contribution >= 4 is 6.09 Å². The first-order chi connectivity index (χ1) is 6.85. The summed E-state index contributed by atoms with van der Waals surface area (Å²) in [6, 6.07) is 0. The summed E-state index contributed by atoms with van der Waals surface area (Å²) in [4.78, 5) is 11.1. The van der Waals surface area contributed by atoms with Gasteiger partial charge in [0, 0.05) is 0 Å². The fraction of sp³-hybridized carbons (Fsp3) is 0.900. The average molecular weight is 239 g/mol. The van der Waals surface area contributed by atoms with Gasteiger partial charge in [0.25, 0.3) is 5.92 Å². The van der Waals surface area contributed by atoms with Crippen LogP contribution in [0.5, 0.6) is 0 Å². The van der Waals surface area contributed by atoms with Crippen LogP contribution in [0.15, 0.2) is 0 Å². The Morgan fingerprint density at radius 1 is 1.25 bits per heavy atom. The molecule has 0 saturated heterocycles. The van der Waals surface area contributed by atoms with Crippen LogP contribution in [-0.4, -0.2) is 34.9 Å². The summed E-state index contributed by atoms with van der Waals surface area (Å²) in [5, 5.41) is 11.1. The smallest absolute Gasteiger partial charge is 0.407 e. The van der Waals surface area contributed by atoms with E-state index in [4.69, 9.17) is 9.84 Å². The van der Waals surface area contributed by atoms with Gasteiger partial charge in [-0.1, -0.05) is 0 Å². The Morgan fingerprint density at radius 2 is 1.69 bits per heavy atom. The van der Waals surface area contributed by atoms with Crippen molar-refractivity contribution in [2.24, 2.45) is 0 Å². The molecule has 0 rings (SSSR count). The lowest BCUT2D eigenvalue weighted by molar-refractivity contribution is -0.157. The molecule has 6 heteroatoms. The van der Waals surface area contributed by atoms with E-state index < -0.39 is 29.8 Å². The van der Waals surface area contributed by atoms with Gasteiger partial charge in [-0.15, -0.1) is 0 Å². The van der Waals surface area contributed by atoms with Crippen molar-refractivity contribution < 1.29 is 23.4 Å². The molecule has 0 atom stereocenters. The number of rotatable bonds is 3. The fourth-order valence-corrected chi connectivity index (χ4v) is 0.714. The molecule has 0 fully saturated rings. The van der Waals surface area contributed by atoms with Gasteiger partial charge in [-0.3, -0.25) is 0 Å². The van der Waals surface area contributed by atoms with Gasteiger partial charge in [0.05, 0.1) is 6.54 Å². The summed E-state index contributed by atoms with van der Waals surface area (Å²) in [5.41, 5.74) is -2.93. The molecule has 2 N–H and O–H groups in total. The molecule has 0 bridgehead atoms. The summed E-state index contributed by atoms with van der Waals surface area (Å²) in [5.74, 6) is -3.41. The number of hydrogen-bond donors (Lipinski definition) is 2. The van der Waals surface area contributed by atoms with Crippen molar-refractivity contribution in [3.8, 4) is 0 Å². The maximum atomic E-state index is 13.2. The Kier molecular flexibility index (Phi) is 4.27. The van der Waals surface area contributed by atoms with Crippen molar-refractivity contribution in [2.75, 3.05) is 6.54 Å². The summed E-state index contributed by atoms with van der Waals surface area (Å²) in [6.45, 7) is 5.86. The fourth-order valence-electron chi connectivity index (χ4n) is 0.714. The number of ether oxygens (including phenoxy) is 1. The SMILES string of the molecule is CC(C)(C)OC(=O)NCC(F)(F)C(C)(C)O. The minimum Gasteiger partial charge on any atom is -0.444 e. The molecule has 0 unspecified atom stereocenters. The van der Waals surface area contributed by atoms with Crippen LogP contribution in [0.1, 0.15) is 34.6 Å². The number of alkyl carbamates (subject to hydrolysis) is 1. The van der Waals surface area contributed by atoms with Crippen LogP contribution in [-0.2, 0) is 4.74 Å². The molecule has 0 aromatic heterocycles.